The summed E-state index contributed by atoms with van der Waals surface area (Å²) >= 11 is 0. The van der Waals surface area contributed by atoms with Crippen LogP contribution < -0.4 is 0 Å². The van der Waals surface area contributed by atoms with Crippen molar-refractivity contribution >= 4 is 11.8 Å². The third kappa shape index (κ3) is 4.32. The first-order chi connectivity index (χ1) is 13.1. The van der Waals surface area contributed by atoms with Gasteiger partial charge in [-0.1, -0.05) is 12.1 Å². The number of carbonyl (C=O) groups excluding carboxylic acids is 2. The lowest BCUT2D eigenvalue weighted by atomic mass is 9.95. The third-order valence-corrected chi connectivity index (χ3v) is 6.18. The first-order valence-corrected chi connectivity index (χ1v) is 10.1. The fourth-order valence-electron chi connectivity index (χ4n) is 4.74. The fraction of sp³-hybridized carbons (Fsp3) is 0.619. The molecule has 0 aromatic heterocycles. The van der Waals surface area contributed by atoms with Crippen LogP contribution in [0.2, 0.25) is 0 Å². The van der Waals surface area contributed by atoms with Gasteiger partial charge in [-0.15, -0.1) is 0 Å². The minimum Gasteiger partial charge on any atom is -0.337 e. The van der Waals surface area contributed by atoms with E-state index in [0.717, 1.165) is 57.4 Å². The van der Waals surface area contributed by atoms with Gasteiger partial charge in [0.1, 0.15) is 5.82 Å². The van der Waals surface area contributed by atoms with Gasteiger partial charge in [0.15, 0.2) is 0 Å². The third-order valence-electron chi connectivity index (χ3n) is 6.18. The molecule has 6 heteroatoms. The predicted molar refractivity (Wildman–Crippen MR) is 100 cm³/mol. The van der Waals surface area contributed by atoms with Gasteiger partial charge in [-0.3, -0.25) is 14.5 Å². The van der Waals surface area contributed by atoms with Gasteiger partial charge in [-0.25, -0.2) is 4.39 Å². The molecule has 5 rings (SSSR count). The van der Waals surface area contributed by atoms with Crippen LogP contribution in [0.15, 0.2) is 24.3 Å². The van der Waals surface area contributed by atoms with E-state index in [1.807, 2.05) is 17.0 Å². The Morgan fingerprint density at radius 1 is 1.07 bits per heavy atom. The van der Waals surface area contributed by atoms with Gasteiger partial charge in [0.2, 0.25) is 11.8 Å². The molecule has 4 aliphatic heterocycles. The second-order valence-corrected chi connectivity index (χ2v) is 8.24. The molecule has 2 bridgehead atoms. The van der Waals surface area contributed by atoms with E-state index in [1.54, 1.807) is 4.90 Å². The number of hydrogen-bond donors (Lipinski definition) is 0. The van der Waals surface area contributed by atoms with E-state index in [1.165, 1.54) is 12.1 Å². The van der Waals surface area contributed by atoms with Gasteiger partial charge >= 0.3 is 0 Å². The quantitative estimate of drug-likeness (QED) is 0.813. The smallest absolute Gasteiger partial charge is 0.242 e. The Morgan fingerprint density at radius 3 is 2.67 bits per heavy atom. The molecule has 1 aromatic rings. The lowest BCUT2D eigenvalue weighted by Crippen LogP contribution is -2.52. The molecule has 2 atom stereocenters. The molecule has 27 heavy (non-hydrogen) atoms. The van der Waals surface area contributed by atoms with Crippen LogP contribution in [-0.4, -0.2) is 65.3 Å². The zero-order chi connectivity index (χ0) is 18.8. The number of halogens is 1. The summed E-state index contributed by atoms with van der Waals surface area (Å²) in [5.41, 5.74) is 1.11. The maximum absolute atomic E-state index is 13.1. The van der Waals surface area contributed by atoms with Crippen molar-refractivity contribution in [1.82, 2.24) is 14.7 Å². The highest BCUT2D eigenvalue weighted by Crippen LogP contribution is 2.29. The number of piperidine rings is 2. The molecule has 2 amide bonds. The summed E-state index contributed by atoms with van der Waals surface area (Å²) in [4.78, 5) is 31.1. The van der Waals surface area contributed by atoms with Crippen molar-refractivity contribution in [3.63, 3.8) is 0 Å². The molecule has 0 saturated carbocycles. The molecule has 0 unspecified atom stereocenters. The average molecular weight is 373 g/mol. The number of carbonyl (C=O) groups is 2. The molecule has 4 saturated heterocycles. The van der Waals surface area contributed by atoms with Gasteiger partial charge in [0.25, 0.3) is 0 Å². The minimum absolute atomic E-state index is 0.101. The molecule has 4 fully saturated rings. The number of nitrogens with zero attached hydrogens (tertiary/aromatic N) is 3. The minimum atomic E-state index is -0.210. The van der Waals surface area contributed by atoms with Crippen LogP contribution in [0.1, 0.15) is 37.7 Å². The number of amides is 2. The Balaban J connectivity index is 1.39. The molecule has 5 nitrogen and oxygen atoms in total. The lowest BCUT2D eigenvalue weighted by molar-refractivity contribution is -0.144. The topological polar surface area (TPSA) is 43.9 Å². The fourth-order valence-corrected chi connectivity index (χ4v) is 4.74. The molecular weight excluding hydrogens is 345 g/mol. The van der Waals surface area contributed by atoms with E-state index in [-0.39, 0.29) is 30.2 Å². The van der Waals surface area contributed by atoms with Crippen molar-refractivity contribution in [2.45, 2.75) is 44.7 Å². The summed E-state index contributed by atoms with van der Waals surface area (Å²) in [5, 5.41) is 0. The van der Waals surface area contributed by atoms with E-state index in [4.69, 9.17) is 0 Å². The molecule has 4 aliphatic rings. The summed E-state index contributed by atoms with van der Waals surface area (Å²) in [6.07, 6.45) is 4.69. The molecule has 146 valence electrons. The highest BCUT2D eigenvalue weighted by atomic mass is 19.1. The van der Waals surface area contributed by atoms with E-state index in [9.17, 15) is 14.0 Å². The number of likely N-dealkylation sites (tertiary alicyclic amines) is 1. The zero-order valence-corrected chi connectivity index (χ0v) is 15.8. The maximum Gasteiger partial charge on any atom is 0.242 e. The first-order valence-electron chi connectivity index (χ1n) is 10.1. The summed E-state index contributed by atoms with van der Waals surface area (Å²) in [5.74, 6) is 0.486. The van der Waals surface area contributed by atoms with Crippen molar-refractivity contribution in [1.29, 1.82) is 0 Å². The van der Waals surface area contributed by atoms with Crippen molar-refractivity contribution in [3.8, 4) is 0 Å². The Kier molecular flexibility index (Phi) is 5.43. The number of hydrogen-bond acceptors (Lipinski definition) is 3. The SMILES string of the molecule is O=C1CCCCN1CC(=O)N1C[C@H]2CC[C@@H]1CN(Cc1ccc(F)cc1)C2. The second kappa shape index (κ2) is 7.97. The zero-order valence-electron chi connectivity index (χ0n) is 15.8. The molecule has 0 radical (unpaired) electrons. The van der Waals surface area contributed by atoms with Gasteiger partial charge in [0, 0.05) is 45.2 Å². The average Bonchev–Trinajstić information content (AvgIpc) is 2.96. The molecule has 0 spiro atoms. The Morgan fingerprint density at radius 2 is 1.89 bits per heavy atom. The molecule has 1 aromatic carbocycles. The molecule has 4 heterocycles. The van der Waals surface area contributed by atoms with Crippen molar-refractivity contribution < 1.29 is 14.0 Å². The summed E-state index contributed by atoms with van der Waals surface area (Å²) in [6.45, 7) is 4.36. The van der Waals surface area contributed by atoms with Crippen molar-refractivity contribution in [2.75, 3.05) is 32.7 Å². The van der Waals surface area contributed by atoms with Crippen LogP contribution in [0.5, 0.6) is 0 Å². The predicted octanol–water partition coefficient (Wildman–Crippen LogP) is 2.26. The largest absolute Gasteiger partial charge is 0.337 e. The maximum atomic E-state index is 13.1. The first kappa shape index (κ1) is 18.4. The van der Waals surface area contributed by atoms with Gasteiger partial charge in [-0.05, 0) is 49.3 Å². The van der Waals surface area contributed by atoms with E-state index >= 15 is 0 Å². The van der Waals surface area contributed by atoms with Crippen LogP contribution in [0, 0.1) is 11.7 Å². The summed E-state index contributed by atoms with van der Waals surface area (Å²) in [7, 11) is 0. The Bertz CT molecular complexity index is 693. The standard InChI is InChI=1S/C21H28FN3O2/c22-18-7-4-16(5-8-18)11-23-12-17-6-9-19(14-23)25(13-17)21(27)15-24-10-2-1-3-20(24)26/h4-5,7-8,17,19H,1-3,6,9-15H2/t17-,19+/m0/s1. The number of rotatable bonds is 4. The number of fused-ring (bicyclic) bond motifs is 4. The van der Waals surface area contributed by atoms with Gasteiger partial charge < -0.3 is 9.80 Å². The van der Waals surface area contributed by atoms with Gasteiger partial charge in [0.05, 0.1) is 6.54 Å². The molecule has 0 aliphatic carbocycles. The molecule has 0 N–H and O–H groups in total. The monoisotopic (exact) mass is 373 g/mol. The Labute approximate surface area is 160 Å². The molecular formula is C21H28FN3O2. The van der Waals surface area contributed by atoms with Crippen molar-refractivity contribution in [2.24, 2.45) is 5.92 Å². The Hall–Kier alpha value is -1.95. The summed E-state index contributed by atoms with van der Waals surface area (Å²) in [6, 6.07) is 6.91. The van der Waals surface area contributed by atoms with E-state index < -0.39 is 0 Å². The van der Waals surface area contributed by atoms with Crippen LogP contribution in [0.25, 0.3) is 0 Å². The van der Waals surface area contributed by atoms with Crippen LogP contribution in [-0.2, 0) is 16.1 Å². The highest BCUT2D eigenvalue weighted by Gasteiger charge is 2.37. The van der Waals surface area contributed by atoms with Crippen LogP contribution in [0.3, 0.4) is 0 Å². The van der Waals surface area contributed by atoms with E-state index in [2.05, 4.69) is 4.90 Å². The van der Waals surface area contributed by atoms with E-state index in [0.29, 0.717) is 18.9 Å². The van der Waals surface area contributed by atoms with Crippen molar-refractivity contribution in [3.05, 3.63) is 35.6 Å². The van der Waals surface area contributed by atoms with Crippen LogP contribution in [0.4, 0.5) is 4.39 Å². The number of benzene rings is 1. The second-order valence-electron chi connectivity index (χ2n) is 8.24. The highest BCUT2D eigenvalue weighted by molar-refractivity contribution is 5.85. The summed E-state index contributed by atoms with van der Waals surface area (Å²) < 4.78 is 13.1. The normalized spacial score (nSPS) is 26.3. The lowest BCUT2D eigenvalue weighted by Gasteiger charge is -2.38. The van der Waals surface area contributed by atoms with Crippen LogP contribution >= 0.6 is 0 Å². The van der Waals surface area contributed by atoms with Gasteiger partial charge in [-0.2, -0.15) is 0 Å².